The number of hydrogen-bond donors (Lipinski definition) is 9. The third-order valence-electron chi connectivity index (χ3n) is 5.36. The van der Waals surface area contributed by atoms with Gasteiger partial charge in [-0.25, -0.2) is 0 Å². The van der Waals surface area contributed by atoms with Crippen LogP contribution in [-0.4, -0.2) is 90.6 Å². The fourth-order valence-electron chi connectivity index (χ4n) is 3.49. The highest BCUT2D eigenvalue weighted by Gasteiger charge is 2.23. The summed E-state index contributed by atoms with van der Waals surface area (Å²) in [4.78, 5) is 0. The van der Waals surface area contributed by atoms with Gasteiger partial charge in [0.2, 0.25) is 0 Å². The summed E-state index contributed by atoms with van der Waals surface area (Å²) in [6.07, 6.45) is 1.16. The first kappa shape index (κ1) is 26.0. The molecular formula is C22H45N9. The van der Waals surface area contributed by atoms with E-state index in [1.807, 2.05) is 12.1 Å². The van der Waals surface area contributed by atoms with Gasteiger partial charge in [0.25, 0.3) is 0 Å². The van der Waals surface area contributed by atoms with Gasteiger partial charge in [0.1, 0.15) is 0 Å². The van der Waals surface area contributed by atoms with Crippen LogP contribution in [0.2, 0.25) is 0 Å². The number of rotatable bonds is 10. The van der Waals surface area contributed by atoms with Crippen LogP contribution in [0.3, 0.4) is 0 Å². The highest BCUT2D eigenvalue weighted by Crippen LogP contribution is 2.04. The molecule has 0 bridgehead atoms. The van der Waals surface area contributed by atoms with Gasteiger partial charge in [0.05, 0.1) is 5.54 Å². The average molecular weight is 436 g/mol. The van der Waals surface area contributed by atoms with Gasteiger partial charge in [-0.1, -0.05) is 12.1 Å². The van der Waals surface area contributed by atoms with E-state index in [0.717, 1.165) is 104 Å². The standard InChI is InChI=1S/C22H45N9/c23-21-4-2-20(3-5-21)16-28-12-8-27-11-15-31-19-22(24)17-29-13-9-25-6-1-7-26-10-14-30-18-22/h2-5,25-31H,1,6-19,23-24H2. The molecule has 9 nitrogen and oxygen atoms in total. The lowest BCUT2D eigenvalue weighted by Gasteiger charge is -2.31. The molecule has 1 aliphatic rings. The molecule has 0 aromatic heterocycles. The van der Waals surface area contributed by atoms with E-state index in [1.54, 1.807) is 0 Å². The van der Waals surface area contributed by atoms with Crippen LogP contribution in [0.1, 0.15) is 12.0 Å². The number of anilines is 1. The Bertz CT molecular complexity index is 538. The molecule has 31 heavy (non-hydrogen) atoms. The largest absolute Gasteiger partial charge is 0.399 e. The predicted octanol–water partition coefficient (Wildman–Crippen LogP) is -2.00. The van der Waals surface area contributed by atoms with Crippen molar-refractivity contribution in [2.45, 2.75) is 18.5 Å². The molecule has 0 amide bonds. The van der Waals surface area contributed by atoms with E-state index >= 15 is 0 Å². The Hall–Kier alpha value is -1.30. The first-order valence-corrected chi connectivity index (χ1v) is 11.8. The molecule has 9 heteroatoms. The molecule has 1 aliphatic heterocycles. The van der Waals surface area contributed by atoms with Crippen molar-refractivity contribution in [1.29, 1.82) is 0 Å². The normalized spacial score (nSPS) is 19.0. The quantitative estimate of drug-likeness (QED) is 0.151. The van der Waals surface area contributed by atoms with E-state index < -0.39 is 0 Å². The molecule has 0 saturated carbocycles. The molecule has 1 fully saturated rings. The predicted molar refractivity (Wildman–Crippen MR) is 131 cm³/mol. The van der Waals surface area contributed by atoms with E-state index in [2.05, 4.69) is 49.4 Å². The number of nitrogens with two attached hydrogens (primary N) is 2. The summed E-state index contributed by atoms with van der Waals surface area (Å²) in [5, 5.41) is 24.4. The van der Waals surface area contributed by atoms with Gasteiger partial charge >= 0.3 is 0 Å². The Balaban J connectivity index is 1.52. The molecule has 11 N–H and O–H groups in total. The van der Waals surface area contributed by atoms with Gasteiger partial charge in [-0.05, 0) is 37.2 Å². The van der Waals surface area contributed by atoms with E-state index in [0.29, 0.717) is 0 Å². The van der Waals surface area contributed by atoms with Crippen molar-refractivity contribution in [3.63, 3.8) is 0 Å². The van der Waals surface area contributed by atoms with E-state index in [1.165, 1.54) is 5.56 Å². The summed E-state index contributed by atoms with van der Waals surface area (Å²) in [6.45, 7) is 12.9. The van der Waals surface area contributed by atoms with Crippen molar-refractivity contribution in [1.82, 2.24) is 37.2 Å². The fraction of sp³-hybridized carbons (Fsp3) is 0.727. The first-order valence-electron chi connectivity index (χ1n) is 11.8. The van der Waals surface area contributed by atoms with Crippen LogP contribution in [0.25, 0.3) is 0 Å². The lowest BCUT2D eigenvalue weighted by molar-refractivity contribution is 0.349. The lowest BCUT2D eigenvalue weighted by atomic mass is 10.0. The van der Waals surface area contributed by atoms with Crippen molar-refractivity contribution < 1.29 is 0 Å². The summed E-state index contributed by atoms with van der Waals surface area (Å²) in [6, 6.07) is 8.00. The second kappa shape index (κ2) is 16.3. The summed E-state index contributed by atoms with van der Waals surface area (Å²) < 4.78 is 0. The zero-order valence-electron chi connectivity index (χ0n) is 19.1. The SMILES string of the molecule is Nc1ccc(CNCCNCCNCC2(N)CNCCNCCCNCCNC2)cc1. The maximum Gasteiger partial charge on any atom is 0.0533 e. The second-order valence-corrected chi connectivity index (χ2v) is 8.41. The minimum atomic E-state index is -0.301. The molecule has 0 unspecified atom stereocenters. The number of hydrogen-bond acceptors (Lipinski definition) is 9. The highest BCUT2D eigenvalue weighted by atomic mass is 15.1. The van der Waals surface area contributed by atoms with Gasteiger partial charge in [0.15, 0.2) is 0 Å². The Kier molecular flexibility index (Phi) is 13.7. The van der Waals surface area contributed by atoms with Crippen molar-refractivity contribution in [2.75, 3.05) is 90.8 Å². The van der Waals surface area contributed by atoms with E-state index in [-0.39, 0.29) is 5.54 Å². The van der Waals surface area contributed by atoms with E-state index in [9.17, 15) is 0 Å². The molecule has 1 saturated heterocycles. The number of benzene rings is 1. The molecule has 0 atom stereocenters. The zero-order valence-corrected chi connectivity index (χ0v) is 19.1. The Morgan fingerprint density at radius 3 is 1.90 bits per heavy atom. The number of nitrogen functional groups attached to an aromatic ring is 1. The number of nitrogens with one attached hydrogen (secondary N) is 7. The van der Waals surface area contributed by atoms with Crippen LogP contribution < -0.4 is 48.7 Å². The van der Waals surface area contributed by atoms with Crippen LogP contribution in [-0.2, 0) is 6.54 Å². The van der Waals surface area contributed by atoms with Crippen molar-refractivity contribution in [3.05, 3.63) is 29.8 Å². The third kappa shape index (κ3) is 13.0. The smallest absolute Gasteiger partial charge is 0.0533 e. The Labute approximate surface area is 188 Å². The monoisotopic (exact) mass is 435 g/mol. The lowest BCUT2D eigenvalue weighted by Crippen LogP contribution is -2.62. The summed E-state index contributed by atoms with van der Waals surface area (Å²) in [7, 11) is 0. The van der Waals surface area contributed by atoms with Crippen LogP contribution in [0.15, 0.2) is 24.3 Å². The van der Waals surface area contributed by atoms with Crippen molar-refractivity contribution >= 4 is 5.69 Å². The second-order valence-electron chi connectivity index (χ2n) is 8.41. The molecule has 2 rings (SSSR count). The maximum absolute atomic E-state index is 6.69. The van der Waals surface area contributed by atoms with Gasteiger partial charge in [-0.3, -0.25) is 0 Å². The Morgan fingerprint density at radius 2 is 1.26 bits per heavy atom. The van der Waals surface area contributed by atoms with Crippen LogP contribution in [0.4, 0.5) is 5.69 Å². The van der Waals surface area contributed by atoms with Gasteiger partial charge in [-0.15, -0.1) is 0 Å². The minimum absolute atomic E-state index is 0.301. The maximum atomic E-state index is 6.69. The van der Waals surface area contributed by atoms with Gasteiger partial charge in [0, 0.05) is 84.2 Å². The molecule has 178 valence electrons. The van der Waals surface area contributed by atoms with Crippen LogP contribution in [0.5, 0.6) is 0 Å². The van der Waals surface area contributed by atoms with Crippen LogP contribution in [0, 0.1) is 0 Å². The third-order valence-corrected chi connectivity index (χ3v) is 5.36. The summed E-state index contributed by atoms with van der Waals surface area (Å²) in [5.41, 5.74) is 14.2. The van der Waals surface area contributed by atoms with Crippen molar-refractivity contribution in [2.24, 2.45) is 5.73 Å². The molecule has 0 radical (unpaired) electrons. The molecule has 1 aromatic rings. The minimum Gasteiger partial charge on any atom is -0.399 e. The van der Waals surface area contributed by atoms with Crippen LogP contribution >= 0.6 is 0 Å². The first-order chi connectivity index (χ1) is 15.2. The fourth-order valence-corrected chi connectivity index (χ4v) is 3.49. The van der Waals surface area contributed by atoms with Gasteiger partial charge < -0.3 is 48.7 Å². The van der Waals surface area contributed by atoms with E-state index in [4.69, 9.17) is 11.5 Å². The molecular weight excluding hydrogens is 390 g/mol. The molecule has 1 heterocycles. The molecule has 0 spiro atoms. The Morgan fingerprint density at radius 1 is 0.710 bits per heavy atom. The zero-order chi connectivity index (χ0) is 22.0. The summed E-state index contributed by atoms with van der Waals surface area (Å²) >= 11 is 0. The van der Waals surface area contributed by atoms with Crippen molar-refractivity contribution in [3.8, 4) is 0 Å². The average Bonchev–Trinajstić information content (AvgIpc) is 2.77. The topological polar surface area (TPSA) is 136 Å². The summed E-state index contributed by atoms with van der Waals surface area (Å²) in [5.74, 6) is 0. The highest BCUT2D eigenvalue weighted by molar-refractivity contribution is 5.39. The van der Waals surface area contributed by atoms with Gasteiger partial charge in [-0.2, -0.15) is 0 Å². The molecule has 0 aliphatic carbocycles. The molecule has 1 aromatic carbocycles.